The number of ether oxygens (including phenoxy) is 4. The summed E-state index contributed by atoms with van der Waals surface area (Å²) in [5, 5.41) is 10.6. The van der Waals surface area contributed by atoms with Gasteiger partial charge in [-0.1, -0.05) is 349 Å². The number of hydrogen-bond donors (Lipinski definition) is 3. The molecule has 3 N–H and O–H groups in total. The van der Waals surface area contributed by atoms with Gasteiger partial charge in [0.1, 0.15) is 19.3 Å². The van der Waals surface area contributed by atoms with E-state index >= 15 is 0 Å². The molecule has 558 valence electrons. The zero-order valence-electron chi connectivity index (χ0n) is 60.9. The molecule has 19 heteroatoms. The third kappa shape index (κ3) is 68.6. The summed E-state index contributed by atoms with van der Waals surface area (Å²) in [7, 11) is -9.90. The third-order valence-corrected chi connectivity index (χ3v) is 19.5. The normalized spacial score (nSPS) is 13.9. The van der Waals surface area contributed by atoms with E-state index in [0.29, 0.717) is 25.7 Å². The van der Waals surface area contributed by atoms with Crippen LogP contribution in [0.1, 0.15) is 400 Å². The number of carbonyl (C=O) groups is 4. The fourth-order valence-corrected chi connectivity index (χ4v) is 13.2. The average molecular weight is 1380 g/mol. The molecule has 0 saturated carbocycles. The summed E-state index contributed by atoms with van der Waals surface area (Å²) in [4.78, 5) is 72.5. The fourth-order valence-electron chi connectivity index (χ4n) is 11.6. The SMILES string of the molecule is CCCCCCCCCCCCCCCCCCCCCC(=O)OC[C@H](COP(=O)(O)OC[C@@H](O)COP(=O)(O)OC[C@@H](COC(=O)CCCCCCCCC)OC(=O)CCCCCCCCCCC)OC(=O)CCCCCCCCCCCCCCCCCCCCC. The van der Waals surface area contributed by atoms with E-state index in [-0.39, 0.29) is 25.7 Å². The number of phosphoric ester groups is 2. The summed E-state index contributed by atoms with van der Waals surface area (Å²) in [6, 6.07) is 0. The summed E-state index contributed by atoms with van der Waals surface area (Å²) in [5.74, 6) is -2.12. The van der Waals surface area contributed by atoms with Crippen molar-refractivity contribution < 1.29 is 80.2 Å². The average Bonchev–Trinajstić information content (AvgIpc) is 1.31. The van der Waals surface area contributed by atoms with Crippen molar-refractivity contribution in [1.29, 1.82) is 0 Å². The molecule has 0 aromatic rings. The van der Waals surface area contributed by atoms with E-state index in [4.69, 9.17) is 37.0 Å². The van der Waals surface area contributed by atoms with Gasteiger partial charge in [0.2, 0.25) is 0 Å². The van der Waals surface area contributed by atoms with Gasteiger partial charge in [0, 0.05) is 25.7 Å². The maximum atomic E-state index is 13.1. The predicted molar refractivity (Wildman–Crippen MR) is 382 cm³/mol. The Hall–Kier alpha value is -1.94. The van der Waals surface area contributed by atoms with Crippen LogP contribution in [-0.2, 0) is 65.4 Å². The van der Waals surface area contributed by atoms with Crippen LogP contribution in [0.4, 0.5) is 0 Å². The van der Waals surface area contributed by atoms with E-state index < -0.39 is 97.5 Å². The molecule has 2 unspecified atom stereocenters. The van der Waals surface area contributed by atoms with Crippen molar-refractivity contribution in [3.8, 4) is 0 Å². The molecular weight excluding hydrogens is 1230 g/mol. The Bertz CT molecular complexity index is 1790. The van der Waals surface area contributed by atoms with Crippen LogP contribution in [0, 0.1) is 0 Å². The Labute approximate surface area is 575 Å². The first-order valence-electron chi connectivity index (χ1n) is 39.3. The Morgan fingerprint density at radius 3 is 0.628 bits per heavy atom. The van der Waals surface area contributed by atoms with E-state index in [1.807, 2.05) is 0 Å². The third-order valence-electron chi connectivity index (χ3n) is 17.6. The van der Waals surface area contributed by atoms with Crippen LogP contribution in [-0.4, -0.2) is 96.7 Å². The highest BCUT2D eigenvalue weighted by molar-refractivity contribution is 7.47. The molecule has 0 heterocycles. The van der Waals surface area contributed by atoms with Gasteiger partial charge in [-0.15, -0.1) is 0 Å². The molecule has 94 heavy (non-hydrogen) atoms. The monoisotopic (exact) mass is 1380 g/mol. The minimum absolute atomic E-state index is 0.106. The molecule has 5 atom stereocenters. The number of aliphatic hydroxyl groups excluding tert-OH is 1. The van der Waals surface area contributed by atoms with Crippen molar-refractivity contribution in [2.24, 2.45) is 0 Å². The van der Waals surface area contributed by atoms with Crippen molar-refractivity contribution >= 4 is 39.5 Å². The van der Waals surface area contributed by atoms with Crippen LogP contribution >= 0.6 is 15.6 Å². The standard InChI is InChI=1S/C75H146O17P2/c1-5-9-13-17-21-24-26-28-30-32-34-36-38-40-42-45-48-52-56-60-73(78)86-66-71(92-75(80)62-58-54-50-46-43-41-39-37-35-33-31-29-27-25-22-18-14-10-6-2)68-90-94(83,84)88-64-69(76)63-87-93(81,82)89-67-70(65-85-72(77)59-55-51-47-20-16-12-8-4)91-74(79)61-57-53-49-44-23-19-15-11-7-3/h69-71,76H,5-68H2,1-4H3,(H,81,82)(H,83,84)/t69-,70+,71+/m0/s1. The maximum absolute atomic E-state index is 13.1. The number of hydrogen-bond acceptors (Lipinski definition) is 15. The van der Waals surface area contributed by atoms with Crippen molar-refractivity contribution in [2.45, 2.75) is 418 Å². The topological polar surface area (TPSA) is 237 Å². The smallest absolute Gasteiger partial charge is 0.462 e. The van der Waals surface area contributed by atoms with Crippen molar-refractivity contribution in [3.05, 3.63) is 0 Å². The second-order valence-corrected chi connectivity index (χ2v) is 29.9. The van der Waals surface area contributed by atoms with Crippen LogP contribution in [0.5, 0.6) is 0 Å². The molecule has 0 spiro atoms. The molecule has 0 amide bonds. The number of aliphatic hydroxyl groups is 1. The zero-order chi connectivity index (χ0) is 69.0. The van der Waals surface area contributed by atoms with Crippen LogP contribution in [0.3, 0.4) is 0 Å². The molecule has 0 aromatic heterocycles. The minimum atomic E-state index is -4.95. The molecule has 0 saturated heterocycles. The van der Waals surface area contributed by atoms with E-state index in [0.717, 1.165) is 103 Å². The van der Waals surface area contributed by atoms with Crippen LogP contribution in [0.2, 0.25) is 0 Å². The van der Waals surface area contributed by atoms with E-state index in [9.17, 15) is 43.2 Å². The predicted octanol–water partition coefficient (Wildman–Crippen LogP) is 22.2. The molecule has 0 aliphatic rings. The Balaban J connectivity index is 5.14. The van der Waals surface area contributed by atoms with E-state index in [1.165, 1.54) is 218 Å². The molecule has 0 aromatic carbocycles. The largest absolute Gasteiger partial charge is 0.472 e. The van der Waals surface area contributed by atoms with Gasteiger partial charge < -0.3 is 33.8 Å². The summed E-state index contributed by atoms with van der Waals surface area (Å²) >= 11 is 0. The number of carbonyl (C=O) groups excluding carboxylic acids is 4. The first-order valence-corrected chi connectivity index (χ1v) is 42.3. The highest BCUT2D eigenvalue weighted by atomic mass is 31.2. The zero-order valence-corrected chi connectivity index (χ0v) is 62.7. The van der Waals surface area contributed by atoms with Crippen molar-refractivity contribution in [3.63, 3.8) is 0 Å². The molecule has 17 nitrogen and oxygen atoms in total. The number of rotatable bonds is 76. The molecule has 0 fully saturated rings. The molecule has 0 aliphatic heterocycles. The van der Waals surface area contributed by atoms with Crippen LogP contribution in [0.15, 0.2) is 0 Å². The maximum Gasteiger partial charge on any atom is 0.472 e. The summed E-state index contributed by atoms with van der Waals surface area (Å²) in [6.07, 6.45) is 60.0. The van der Waals surface area contributed by atoms with Gasteiger partial charge >= 0.3 is 39.5 Å². The number of esters is 4. The number of unbranched alkanes of at least 4 members (excludes halogenated alkanes) is 50. The first kappa shape index (κ1) is 92.1. The molecule has 0 rings (SSSR count). The number of phosphoric acid groups is 2. The summed E-state index contributed by atoms with van der Waals surface area (Å²) in [6.45, 7) is 4.92. The highest BCUT2D eigenvalue weighted by Gasteiger charge is 2.30. The van der Waals surface area contributed by atoms with Crippen molar-refractivity contribution in [1.82, 2.24) is 0 Å². The second-order valence-electron chi connectivity index (χ2n) is 27.0. The van der Waals surface area contributed by atoms with Crippen LogP contribution in [0.25, 0.3) is 0 Å². The van der Waals surface area contributed by atoms with Gasteiger partial charge in [0.05, 0.1) is 26.4 Å². The molecule has 0 radical (unpaired) electrons. The Morgan fingerprint density at radius 2 is 0.426 bits per heavy atom. The lowest BCUT2D eigenvalue weighted by Crippen LogP contribution is -2.30. The Kier molecular flexibility index (Phi) is 68.1. The first-order chi connectivity index (χ1) is 45.7. The van der Waals surface area contributed by atoms with Gasteiger partial charge in [-0.2, -0.15) is 0 Å². The quantitative estimate of drug-likeness (QED) is 0.0222. The molecular formula is C75H146O17P2. The van der Waals surface area contributed by atoms with Gasteiger partial charge in [0.25, 0.3) is 0 Å². The van der Waals surface area contributed by atoms with E-state index in [2.05, 4.69) is 27.7 Å². The van der Waals surface area contributed by atoms with Gasteiger partial charge in [0.15, 0.2) is 12.2 Å². The Morgan fingerprint density at radius 1 is 0.255 bits per heavy atom. The lowest BCUT2D eigenvalue weighted by Gasteiger charge is -2.21. The fraction of sp³-hybridized carbons (Fsp3) is 0.947. The molecule has 0 bridgehead atoms. The molecule has 0 aliphatic carbocycles. The summed E-state index contributed by atoms with van der Waals surface area (Å²) in [5.41, 5.74) is 0. The van der Waals surface area contributed by atoms with Gasteiger partial charge in [-0.25, -0.2) is 9.13 Å². The highest BCUT2D eigenvalue weighted by Crippen LogP contribution is 2.45. The lowest BCUT2D eigenvalue weighted by atomic mass is 10.0. The minimum Gasteiger partial charge on any atom is -0.462 e. The second kappa shape index (κ2) is 69.5. The van der Waals surface area contributed by atoms with Crippen LogP contribution < -0.4 is 0 Å². The summed E-state index contributed by atoms with van der Waals surface area (Å²) < 4.78 is 68.3. The lowest BCUT2D eigenvalue weighted by molar-refractivity contribution is -0.161. The van der Waals surface area contributed by atoms with Gasteiger partial charge in [-0.3, -0.25) is 37.3 Å². The van der Waals surface area contributed by atoms with Gasteiger partial charge in [-0.05, 0) is 25.7 Å². The van der Waals surface area contributed by atoms with Crippen molar-refractivity contribution in [2.75, 3.05) is 39.6 Å². The van der Waals surface area contributed by atoms with E-state index in [1.54, 1.807) is 0 Å².